The molecule has 0 bridgehead atoms. The highest BCUT2D eigenvalue weighted by Crippen LogP contribution is 2.22. The summed E-state index contributed by atoms with van der Waals surface area (Å²) in [4.78, 5) is 4.63. The Kier molecular flexibility index (Phi) is 5.63. The molecule has 1 unspecified atom stereocenters. The highest BCUT2D eigenvalue weighted by molar-refractivity contribution is 7.09. The molecule has 5 nitrogen and oxygen atoms in total. The molecule has 0 aliphatic rings. The molecule has 0 aliphatic carbocycles. The minimum Gasteiger partial charge on any atom is -0.354 e. The average Bonchev–Trinajstić information content (AvgIpc) is 2.97. The van der Waals surface area contributed by atoms with Gasteiger partial charge in [0.05, 0.1) is 16.7 Å². The maximum Gasteiger partial charge on any atom is 0.173 e. The van der Waals surface area contributed by atoms with Crippen LogP contribution in [0.15, 0.2) is 35.7 Å². The molecule has 3 N–H and O–H groups in total. The Balaban J connectivity index is 2.09. The van der Waals surface area contributed by atoms with Crippen LogP contribution in [-0.4, -0.2) is 31.5 Å². The van der Waals surface area contributed by atoms with Gasteiger partial charge in [0.15, 0.2) is 6.29 Å². The number of benzene rings is 1. The van der Waals surface area contributed by atoms with Crippen molar-refractivity contribution in [2.24, 2.45) is 5.84 Å². The summed E-state index contributed by atoms with van der Waals surface area (Å²) >= 11 is 1.61. The summed E-state index contributed by atoms with van der Waals surface area (Å²) in [6.07, 6.45) is 0.254. The third kappa shape index (κ3) is 3.62. The Bertz CT molecular complexity index is 514. The van der Waals surface area contributed by atoms with Gasteiger partial charge in [0.2, 0.25) is 0 Å². The number of aromatic nitrogens is 1. The minimum absolute atomic E-state index is 0.139. The van der Waals surface area contributed by atoms with Gasteiger partial charge in [-0.25, -0.2) is 4.98 Å². The second-order valence-corrected chi connectivity index (χ2v) is 5.25. The van der Waals surface area contributed by atoms with Gasteiger partial charge >= 0.3 is 0 Å². The monoisotopic (exact) mass is 293 g/mol. The second-order valence-electron chi connectivity index (χ2n) is 4.31. The molecular formula is C14H19N3O2S. The van der Waals surface area contributed by atoms with Crippen molar-refractivity contribution in [3.8, 4) is 11.3 Å². The number of hydrogen-bond acceptors (Lipinski definition) is 6. The molecule has 1 atom stereocenters. The normalized spacial score (nSPS) is 12.8. The third-order valence-electron chi connectivity index (χ3n) is 3.02. The van der Waals surface area contributed by atoms with Gasteiger partial charge in [-0.1, -0.05) is 30.3 Å². The number of methoxy groups -OCH3 is 2. The first-order valence-electron chi connectivity index (χ1n) is 6.30. The van der Waals surface area contributed by atoms with E-state index in [1.807, 2.05) is 35.7 Å². The summed E-state index contributed by atoms with van der Waals surface area (Å²) in [5.74, 6) is 5.56. The van der Waals surface area contributed by atoms with Gasteiger partial charge in [-0.2, -0.15) is 0 Å². The van der Waals surface area contributed by atoms with E-state index in [0.29, 0.717) is 6.42 Å². The molecule has 2 aromatic rings. The van der Waals surface area contributed by atoms with E-state index < -0.39 is 6.29 Å². The van der Waals surface area contributed by atoms with Gasteiger partial charge in [-0.05, 0) is 0 Å². The number of hydrazine groups is 1. The first-order chi connectivity index (χ1) is 9.78. The van der Waals surface area contributed by atoms with Crippen molar-refractivity contribution in [1.29, 1.82) is 0 Å². The van der Waals surface area contributed by atoms with Crippen LogP contribution >= 0.6 is 11.3 Å². The van der Waals surface area contributed by atoms with Crippen LogP contribution in [0.3, 0.4) is 0 Å². The molecule has 0 fully saturated rings. The van der Waals surface area contributed by atoms with Gasteiger partial charge in [0.1, 0.15) is 0 Å². The van der Waals surface area contributed by atoms with E-state index in [2.05, 4.69) is 10.4 Å². The standard InChI is InChI=1S/C14H19N3O2S/c1-18-14(19-2)11(17-15)8-13-16-12(9-20-13)10-6-4-3-5-7-10/h3-7,9,11,14,17H,8,15H2,1-2H3. The molecule has 6 heteroatoms. The fourth-order valence-electron chi connectivity index (χ4n) is 1.99. The van der Waals surface area contributed by atoms with Crippen LogP contribution in [0.2, 0.25) is 0 Å². The number of nitrogens with two attached hydrogens (primary N) is 1. The second kappa shape index (κ2) is 7.47. The lowest BCUT2D eigenvalue weighted by atomic mass is 10.2. The van der Waals surface area contributed by atoms with E-state index in [9.17, 15) is 0 Å². The van der Waals surface area contributed by atoms with E-state index in [1.165, 1.54) is 0 Å². The summed E-state index contributed by atoms with van der Waals surface area (Å²) in [6, 6.07) is 9.96. The quantitative estimate of drug-likeness (QED) is 0.463. The predicted molar refractivity (Wildman–Crippen MR) is 80.2 cm³/mol. The molecule has 2 rings (SSSR count). The third-order valence-corrected chi connectivity index (χ3v) is 3.89. The first kappa shape index (κ1) is 15.1. The number of nitrogens with one attached hydrogen (secondary N) is 1. The highest BCUT2D eigenvalue weighted by Gasteiger charge is 2.21. The van der Waals surface area contributed by atoms with Crippen LogP contribution in [0, 0.1) is 0 Å². The molecule has 0 radical (unpaired) electrons. The van der Waals surface area contributed by atoms with Crippen LogP contribution in [-0.2, 0) is 15.9 Å². The number of ether oxygens (including phenoxy) is 2. The Morgan fingerprint density at radius 2 is 1.95 bits per heavy atom. The van der Waals surface area contributed by atoms with Gasteiger partial charge < -0.3 is 9.47 Å². The fraction of sp³-hybridized carbons (Fsp3) is 0.357. The van der Waals surface area contributed by atoms with Crippen molar-refractivity contribution in [2.45, 2.75) is 18.8 Å². The van der Waals surface area contributed by atoms with Crippen molar-refractivity contribution in [1.82, 2.24) is 10.4 Å². The molecule has 0 spiro atoms. The Labute approximate surface area is 122 Å². The molecule has 0 saturated carbocycles. The van der Waals surface area contributed by atoms with Crippen molar-refractivity contribution in [2.75, 3.05) is 14.2 Å². The number of hydrogen-bond donors (Lipinski definition) is 2. The van der Waals surface area contributed by atoms with Crippen molar-refractivity contribution >= 4 is 11.3 Å². The zero-order valence-corrected chi connectivity index (χ0v) is 12.4. The Morgan fingerprint density at radius 3 is 2.55 bits per heavy atom. The molecule has 1 aromatic carbocycles. The van der Waals surface area contributed by atoms with Crippen LogP contribution < -0.4 is 11.3 Å². The van der Waals surface area contributed by atoms with Crippen LogP contribution in [0.4, 0.5) is 0 Å². The number of rotatable bonds is 7. The van der Waals surface area contributed by atoms with E-state index in [1.54, 1.807) is 25.6 Å². The van der Waals surface area contributed by atoms with E-state index in [0.717, 1.165) is 16.3 Å². The van der Waals surface area contributed by atoms with Crippen LogP contribution in [0.5, 0.6) is 0 Å². The van der Waals surface area contributed by atoms with Crippen molar-refractivity contribution < 1.29 is 9.47 Å². The van der Waals surface area contributed by atoms with Crippen molar-refractivity contribution in [3.05, 3.63) is 40.7 Å². The molecule has 1 aromatic heterocycles. The largest absolute Gasteiger partial charge is 0.354 e. The SMILES string of the molecule is COC(OC)C(Cc1nc(-c2ccccc2)cs1)NN. The molecule has 20 heavy (non-hydrogen) atoms. The first-order valence-corrected chi connectivity index (χ1v) is 7.18. The summed E-state index contributed by atoms with van der Waals surface area (Å²) in [6.45, 7) is 0. The lowest BCUT2D eigenvalue weighted by Gasteiger charge is -2.22. The maximum absolute atomic E-state index is 5.56. The lowest BCUT2D eigenvalue weighted by molar-refractivity contribution is -0.122. The molecule has 0 aliphatic heterocycles. The summed E-state index contributed by atoms with van der Waals surface area (Å²) < 4.78 is 10.5. The lowest BCUT2D eigenvalue weighted by Crippen LogP contribution is -2.47. The fourth-order valence-corrected chi connectivity index (χ4v) is 2.86. The molecule has 0 amide bonds. The number of nitrogens with zero attached hydrogens (tertiary/aromatic N) is 1. The maximum atomic E-state index is 5.56. The Morgan fingerprint density at radius 1 is 1.25 bits per heavy atom. The highest BCUT2D eigenvalue weighted by atomic mass is 32.1. The zero-order chi connectivity index (χ0) is 14.4. The number of thiazole rings is 1. The molecule has 108 valence electrons. The summed E-state index contributed by atoms with van der Waals surface area (Å²) in [5.41, 5.74) is 4.81. The minimum atomic E-state index is -0.399. The zero-order valence-electron chi connectivity index (χ0n) is 11.6. The molecule has 1 heterocycles. The van der Waals surface area contributed by atoms with Crippen LogP contribution in [0.1, 0.15) is 5.01 Å². The van der Waals surface area contributed by atoms with E-state index in [4.69, 9.17) is 15.3 Å². The Hall–Kier alpha value is -1.31. The summed E-state index contributed by atoms with van der Waals surface area (Å²) in [5, 5.41) is 3.04. The smallest absolute Gasteiger partial charge is 0.173 e. The van der Waals surface area contributed by atoms with Gasteiger partial charge in [-0.15, -0.1) is 11.3 Å². The van der Waals surface area contributed by atoms with E-state index in [-0.39, 0.29) is 6.04 Å². The van der Waals surface area contributed by atoms with Gasteiger partial charge in [0.25, 0.3) is 0 Å². The predicted octanol–water partition coefficient (Wildman–Crippen LogP) is 1.80. The van der Waals surface area contributed by atoms with Crippen molar-refractivity contribution in [3.63, 3.8) is 0 Å². The van der Waals surface area contributed by atoms with Gasteiger partial charge in [-0.3, -0.25) is 11.3 Å². The van der Waals surface area contributed by atoms with E-state index >= 15 is 0 Å². The van der Waals surface area contributed by atoms with Gasteiger partial charge in [0, 0.05) is 31.6 Å². The van der Waals surface area contributed by atoms with Crippen LogP contribution in [0.25, 0.3) is 11.3 Å². The molecular weight excluding hydrogens is 274 g/mol. The summed E-state index contributed by atoms with van der Waals surface area (Å²) in [7, 11) is 3.19. The average molecular weight is 293 g/mol. The topological polar surface area (TPSA) is 69.4 Å². The molecule has 0 saturated heterocycles.